The first kappa shape index (κ1) is 14.8. The fourth-order valence-corrected chi connectivity index (χ4v) is 2.33. The molecule has 0 bridgehead atoms. The molecule has 108 valence electrons. The van der Waals surface area contributed by atoms with Gasteiger partial charge in [0.1, 0.15) is 0 Å². The van der Waals surface area contributed by atoms with Crippen molar-refractivity contribution >= 4 is 33.4 Å². The van der Waals surface area contributed by atoms with Gasteiger partial charge in [0.15, 0.2) is 0 Å². The Morgan fingerprint density at radius 3 is 2.70 bits per heavy atom. The molecule has 0 saturated heterocycles. The normalized spacial score (nSPS) is 13.8. The Labute approximate surface area is 126 Å². The van der Waals surface area contributed by atoms with Crippen molar-refractivity contribution in [3.63, 3.8) is 0 Å². The average molecular weight is 340 g/mol. The highest BCUT2D eigenvalue weighted by molar-refractivity contribution is 9.10. The Morgan fingerprint density at radius 2 is 2.05 bits per heavy atom. The Hall–Kier alpha value is -1.56. The second-order valence-corrected chi connectivity index (χ2v) is 5.89. The largest absolute Gasteiger partial charge is 0.399 e. The van der Waals surface area contributed by atoms with Crippen LogP contribution in [0.25, 0.3) is 0 Å². The topological polar surface area (TPSA) is 84.2 Å². The summed E-state index contributed by atoms with van der Waals surface area (Å²) in [5, 5.41) is 5.70. The fraction of sp³-hybridized carbons (Fsp3) is 0.429. The fourth-order valence-electron chi connectivity index (χ4n) is 1.82. The molecule has 1 aliphatic rings. The Morgan fingerprint density at radius 1 is 1.30 bits per heavy atom. The molecular formula is C14H18BrN3O2. The lowest BCUT2D eigenvalue weighted by Gasteiger charge is -2.07. The summed E-state index contributed by atoms with van der Waals surface area (Å²) in [5.41, 5.74) is 6.73. The van der Waals surface area contributed by atoms with E-state index in [0.717, 1.165) is 17.3 Å². The predicted octanol–water partition coefficient (Wildman–Crippen LogP) is 1.82. The molecule has 1 aromatic carbocycles. The molecule has 4 N–H and O–H groups in total. The van der Waals surface area contributed by atoms with Crippen LogP contribution in [-0.2, 0) is 4.79 Å². The number of carbonyl (C=O) groups excluding carboxylic acids is 2. The number of rotatable bonds is 6. The zero-order valence-electron chi connectivity index (χ0n) is 11.1. The third-order valence-corrected chi connectivity index (χ3v) is 3.45. The van der Waals surface area contributed by atoms with Gasteiger partial charge in [0.2, 0.25) is 5.91 Å². The number of nitrogens with one attached hydrogen (secondary N) is 2. The van der Waals surface area contributed by atoms with Crippen molar-refractivity contribution in [2.45, 2.75) is 31.7 Å². The van der Waals surface area contributed by atoms with E-state index >= 15 is 0 Å². The van der Waals surface area contributed by atoms with Crippen LogP contribution in [-0.4, -0.2) is 24.4 Å². The van der Waals surface area contributed by atoms with Gasteiger partial charge in [-0.2, -0.15) is 0 Å². The van der Waals surface area contributed by atoms with Crippen LogP contribution in [0.2, 0.25) is 0 Å². The van der Waals surface area contributed by atoms with Gasteiger partial charge < -0.3 is 16.4 Å². The van der Waals surface area contributed by atoms with Gasteiger partial charge in [-0.05, 0) is 37.5 Å². The van der Waals surface area contributed by atoms with E-state index in [1.807, 2.05) is 0 Å². The minimum Gasteiger partial charge on any atom is -0.399 e. The van der Waals surface area contributed by atoms with Gasteiger partial charge in [0.25, 0.3) is 5.91 Å². The van der Waals surface area contributed by atoms with Gasteiger partial charge in [-0.25, -0.2) is 0 Å². The van der Waals surface area contributed by atoms with Crippen molar-refractivity contribution in [1.29, 1.82) is 0 Å². The molecule has 5 nitrogen and oxygen atoms in total. The zero-order valence-corrected chi connectivity index (χ0v) is 12.7. The van der Waals surface area contributed by atoms with Crippen LogP contribution in [0.3, 0.4) is 0 Å². The number of hydrogen-bond acceptors (Lipinski definition) is 3. The summed E-state index contributed by atoms with van der Waals surface area (Å²) in [6.45, 7) is 0.476. The quantitative estimate of drug-likeness (QED) is 0.546. The van der Waals surface area contributed by atoms with E-state index in [2.05, 4.69) is 26.6 Å². The molecule has 0 radical (unpaired) electrons. The lowest BCUT2D eigenvalue weighted by molar-refractivity contribution is -0.121. The summed E-state index contributed by atoms with van der Waals surface area (Å²) in [6.07, 6.45) is 3.25. The molecule has 2 rings (SSSR count). The Kier molecular flexibility index (Phi) is 5.00. The maximum absolute atomic E-state index is 11.9. The monoisotopic (exact) mass is 339 g/mol. The van der Waals surface area contributed by atoms with Crippen LogP contribution in [0.1, 0.15) is 36.0 Å². The van der Waals surface area contributed by atoms with Crippen molar-refractivity contribution in [2.24, 2.45) is 0 Å². The van der Waals surface area contributed by atoms with Crippen molar-refractivity contribution in [3.05, 3.63) is 28.2 Å². The third-order valence-electron chi connectivity index (χ3n) is 2.99. The first-order valence-corrected chi connectivity index (χ1v) is 7.47. The van der Waals surface area contributed by atoms with Crippen LogP contribution in [0.5, 0.6) is 0 Å². The van der Waals surface area contributed by atoms with Crippen molar-refractivity contribution in [1.82, 2.24) is 10.6 Å². The molecule has 0 aromatic heterocycles. The van der Waals surface area contributed by atoms with Crippen molar-refractivity contribution in [3.8, 4) is 0 Å². The molecule has 6 heteroatoms. The average Bonchev–Trinajstić information content (AvgIpc) is 3.17. The lowest BCUT2D eigenvalue weighted by atomic mass is 10.2. The molecule has 1 fully saturated rings. The molecule has 1 aromatic rings. The standard InChI is InChI=1S/C14H18BrN3O2/c15-10-6-9(7-11(16)8-10)14(20)17-5-1-2-13(19)18-12-3-4-12/h6-8,12H,1-5,16H2,(H,17,20)(H,18,19). The highest BCUT2D eigenvalue weighted by Gasteiger charge is 2.22. The van der Waals surface area contributed by atoms with Gasteiger partial charge in [0, 0.05) is 34.7 Å². The summed E-state index contributed by atoms with van der Waals surface area (Å²) in [5.74, 6) is -0.117. The SMILES string of the molecule is Nc1cc(Br)cc(C(=O)NCCCC(=O)NC2CC2)c1. The number of benzene rings is 1. The highest BCUT2D eigenvalue weighted by atomic mass is 79.9. The van der Waals surface area contributed by atoms with Crippen molar-refractivity contribution in [2.75, 3.05) is 12.3 Å². The number of nitrogen functional groups attached to an aromatic ring is 1. The summed E-state index contributed by atoms with van der Waals surface area (Å²) >= 11 is 3.30. The van der Waals surface area contributed by atoms with E-state index in [9.17, 15) is 9.59 Å². The molecule has 1 saturated carbocycles. The lowest BCUT2D eigenvalue weighted by Crippen LogP contribution is -2.28. The first-order valence-electron chi connectivity index (χ1n) is 6.68. The van der Waals surface area contributed by atoms with Gasteiger partial charge >= 0.3 is 0 Å². The van der Waals surface area contributed by atoms with Crippen LogP contribution < -0.4 is 16.4 Å². The second kappa shape index (κ2) is 6.74. The summed E-state index contributed by atoms with van der Waals surface area (Å²) in [6, 6.07) is 5.46. The van der Waals surface area contributed by atoms with E-state index in [1.165, 1.54) is 0 Å². The van der Waals surface area contributed by atoms with Crippen molar-refractivity contribution < 1.29 is 9.59 Å². The summed E-state index contributed by atoms with van der Waals surface area (Å²) in [7, 11) is 0. The number of halogens is 1. The highest BCUT2D eigenvalue weighted by Crippen LogP contribution is 2.19. The van der Waals surface area contributed by atoms with E-state index < -0.39 is 0 Å². The minimum atomic E-state index is -0.180. The number of amides is 2. The van der Waals surface area contributed by atoms with Gasteiger partial charge in [-0.15, -0.1) is 0 Å². The van der Waals surface area contributed by atoms with Crippen LogP contribution in [0.4, 0.5) is 5.69 Å². The second-order valence-electron chi connectivity index (χ2n) is 4.97. The van der Waals surface area contributed by atoms with Crippen LogP contribution in [0.15, 0.2) is 22.7 Å². The van der Waals surface area contributed by atoms with Gasteiger partial charge in [0.05, 0.1) is 0 Å². The molecule has 0 aliphatic heterocycles. The molecule has 0 atom stereocenters. The molecule has 1 aliphatic carbocycles. The molecular weight excluding hydrogens is 322 g/mol. The molecule has 0 spiro atoms. The summed E-state index contributed by atoms with van der Waals surface area (Å²) in [4.78, 5) is 23.3. The zero-order chi connectivity index (χ0) is 14.5. The third kappa shape index (κ3) is 4.85. The van der Waals surface area contributed by atoms with Crippen LogP contribution >= 0.6 is 15.9 Å². The Balaban J connectivity index is 1.70. The molecule has 2 amide bonds. The Bertz CT molecular complexity index is 495. The van der Waals surface area contributed by atoms with Crippen LogP contribution in [0, 0.1) is 0 Å². The maximum Gasteiger partial charge on any atom is 0.251 e. The predicted molar refractivity (Wildman–Crippen MR) is 81.3 cm³/mol. The van der Waals surface area contributed by atoms with Gasteiger partial charge in [-0.1, -0.05) is 15.9 Å². The van der Waals surface area contributed by atoms with E-state index in [4.69, 9.17) is 5.73 Å². The molecule has 0 unspecified atom stereocenters. The number of hydrogen-bond donors (Lipinski definition) is 3. The van der Waals surface area contributed by atoms with E-state index in [-0.39, 0.29) is 11.8 Å². The summed E-state index contributed by atoms with van der Waals surface area (Å²) < 4.78 is 0.770. The number of anilines is 1. The van der Waals surface area contributed by atoms with E-state index in [0.29, 0.717) is 36.7 Å². The van der Waals surface area contributed by atoms with E-state index in [1.54, 1.807) is 18.2 Å². The molecule has 20 heavy (non-hydrogen) atoms. The first-order chi connectivity index (χ1) is 9.54. The minimum absolute atomic E-state index is 0.0634. The maximum atomic E-state index is 11.9. The number of nitrogens with two attached hydrogens (primary N) is 1. The van der Waals surface area contributed by atoms with Gasteiger partial charge in [-0.3, -0.25) is 9.59 Å². The smallest absolute Gasteiger partial charge is 0.251 e. The molecule has 0 heterocycles. The number of carbonyl (C=O) groups is 2.